The Kier molecular flexibility index (Phi) is 6.75. The fourth-order valence-electron chi connectivity index (χ4n) is 10.9. The summed E-state index contributed by atoms with van der Waals surface area (Å²) in [6, 6.07) is 69.3. The first-order valence-electron chi connectivity index (χ1n) is 21.2. The van der Waals surface area contributed by atoms with Gasteiger partial charge in [-0.3, -0.25) is 0 Å². The van der Waals surface area contributed by atoms with Crippen LogP contribution in [0.2, 0.25) is 0 Å². The standard InChI is InChI=1S/C59H36S2/c1-59(2)52-22-17-33-9-5-6-12-40(33)58(52)44-21-16-39(29-53(44)59)38-19-24-55-49(28-38)48-27-37(18-23-54(48)60-55)36-15-20-43-45(25-36)41-13-7-8-14-42(41)47-32-57-51(31-46(43)47)50-26-34-10-3-4-11-35(34)30-56(50)61-57/h3-32H,1-2H3. The Labute approximate surface area is 360 Å². The summed E-state index contributed by atoms with van der Waals surface area (Å²) in [6.45, 7) is 4.77. The topological polar surface area (TPSA) is 0 Å². The molecule has 0 amide bonds. The molecule has 0 unspecified atom stereocenters. The molecule has 13 aromatic rings. The van der Waals surface area contributed by atoms with Gasteiger partial charge in [-0.15, -0.1) is 22.7 Å². The fourth-order valence-corrected chi connectivity index (χ4v) is 13.1. The zero-order chi connectivity index (χ0) is 40.1. The first kappa shape index (κ1) is 33.9. The molecular formula is C59H36S2. The van der Waals surface area contributed by atoms with E-state index in [1.807, 2.05) is 22.7 Å². The molecule has 11 aromatic carbocycles. The Morgan fingerprint density at radius 2 is 0.787 bits per heavy atom. The Bertz CT molecular complexity index is 4080. The van der Waals surface area contributed by atoms with E-state index in [0.29, 0.717) is 0 Å². The molecule has 2 heterocycles. The Balaban J connectivity index is 0.906. The number of thiophene rings is 2. The molecule has 2 aromatic heterocycles. The lowest BCUT2D eigenvalue weighted by atomic mass is 9.81. The van der Waals surface area contributed by atoms with Gasteiger partial charge in [0.15, 0.2) is 0 Å². The third-order valence-corrected chi connectivity index (χ3v) is 16.3. The molecule has 0 radical (unpaired) electrons. The lowest BCUT2D eigenvalue weighted by Gasteiger charge is -2.22. The molecule has 0 bridgehead atoms. The van der Waals surface area contributed by atoms with Gasteiger partial charge in [0.2, 0.25) is 0 Å². The zero-order valence-electron chi connectivity index (χ0n) is 33.6. The number of rotatable bonds is 2. The van der Waals surface area contributed by atoms with Crippen LogP contribution >= 0.6 is 22.7 Å². The van der Waals surface area contributed by atoms with Gasteiger partial charge in [-0.25, -0.2) is 0 Å². The molecule has 0 fully saturated rings. The van der Waals surface area contributed by atoms with Crippen molar-refractivity contribution in [3.8, 4) is 33.4 Å². The van der Waals surface area contributed by atoms with E-state index in [-0.39, 0.29) is 5.41 Å². The second kappa shape index (κ2) is 12.1. The summed E-state index contributed by atoms with van der Waals surface area (Å²) in [5.41, 5.74) is 10.6. The van der Waals surface area contributed by atoms with Crippen molar-refractivity contribution < 1.29 is 0 Å². The van der Waals surface area contributed by atoms with Crippen LogP contribution in [0.5, 0.6) is 0 Å². The lowest BCUT2D eigenvalue weighted by Crippen LogP contribution is -2.15. The van der Waals surface area contributed by atoms with Crippen molar-refractivity contribution in [1.82, 2.24) is 0 Å². The number of fused-ring (bicyclic) bond motifs is 18. The number of hydrogen-bond donors (Lipinski definition) is 0. The monoisotopic (exact) mass is 808 g/mol. The fraction of sp³-hybridized carbons (Fsp3) is 0.0508. The summed E-state index contributed by atoms with van der Waals surface area (Å²) < 4.78 is 5.34. The maximum atomic E-state index is 2.47. The van der Waals surface area contributed by atoms with Crippen molar-refractivity contribution in [2.45, 2.75) is 19.3 Å². The van der Waals surface area contributed by atoms with Crippen LogP contribution in [0.4, 0.5) is 0 Å². The van der Waals surface area contributed by atoms with E-state index in [9.17, 15) is 0 Å². The highest BCUT2D eigenvalue weighted by molar-refractivity contribution is 7.26. The molecule has 0 atom stereocenters. The minimum atomic E-state index is -0.0733. The van der Waals surface area contributed by atoms with Crippen LogP contribution in [0, 0.1) is 0 Å². The quantitative estimate of drug-likeness (QED) is 0.153. The van der Waals surface area contributed by atoms with E-state index < -0.39 is 0 Å². The summed E-state index contributed by atoms with van der Waals surface area (Å²) in [6.07, 6.45) is 0. The molecule has 0 N–H and O–H groups in total. The molecule has 0 saturated heterocycles. The molecular weight excluding hydrogens is 773 g/mol. The van der Waals surface area contributed by atoms with Crippen LogP contribution in [0.15, 0.2) is 182 Å². The van der Waals surface area contributed by atoms with Crippen LogP contribution in [0.3, 0.4) is 0 Å². The van der Waals surface area contributed by atoms with Gasteiger partial charge in [-0.1, -0.05) is 135 Å². The maximum Gasteiger partial charge on any atom is 0.0362 e. The molecule has 284 valence electrons. The molecule has 0 saturated carbocycles. The Morgan fingerprint density at radius 3 is 1.52 bits per heavy atom. The third kappa shape index (κ3) is 4.75. The molecule has 61 heavy (non-hydrogen) atoms. The van der Waals surface area contributed by atoms with Gasteiger partial charge < -0.3 is 0 Å². The average molecular weight is 809 g/mol. The normalized spacial score (nSPS) is 13.5. The maximum absolute atomic E-state index is 2.47. The van der Waals surface area contributed by atoms with Gasteiger partial charge in [-0.05, 0) is 159 Å². The van der Waals surface area contributed by atoms with Crippen LogP contribution < -0.4 is 0 Å². The smallest absolute Gasteiger partial charge is 0.0362 e. The van der Waals surface area contributed by atoms with Gasteiger partial charge in [0, 0.05) is 45.8 Å². The van der Waals surface area contributed by atoms with E-state index in [2.05, 4.69) is 196 Å². The van der Waals surface area contributed by atoms with Gasteiger partial charge in [0.1, 0.15) is 0 Å². The highest BCUT2D eigenvalue weighted by Gasteiger charge is 2.36. The first-order chi connectivity index (χ1) is 29.9. The molecule has 0 aliphatic heterocycles. The Hall–Kier alpha value is -6.84. The van der Waals surface area contributed by atoms with Crippen LogP contribution in [0.1, 0.15) is 25.0 Å². The second-order valence-corrected chi connectivity index (χ2v) is 19.8. The second-order valence-electron chi connectivity index (χ2n) is 17.6. The molecule has 14 rings (SSSR count). The number of benzene rings is 11. The summed E-state index contributed by atoms with van der Waals surface area (Å²) in [5, 5.41) is 18.4. The summed E-state index contributed by atoms with van der Waals surface area (Å²) in [7, 11) is 0. The highest BCUT2D eigenvalue weighted by atomic mass is 32.1. The summed E-state index contributed by atoms with van der Waals surface area (Å²) in [5.74, 6) is 0. The van der Waals surface area contributed by atoms with E-state index in [0.717, 1.165) is 0 Å². The lowest BCUT2D eigenvalue weighted by molar-refractivity contribution is 0.661. The predicted octanol–water partition coefficient (Wildman–Crippen LogP) is 17.8. The molecule has 0 spiro atoms. The minimum absolute atomic E-state index is 0.0733. The largest absolute Gasteiger partial charge is 0.135 e. The highest BCUT2D eigenvalue weighted by Crippen LogP contribution is 2.52. The SMILES string of the molecule is CC1(C)c2cc(-c3ccc4sc5ccc(-c6ccc7c(c6)c6ccccc6c6cc8sc9cc%10ccccc%10cc9c8cc76)cc5c4c3)ccc2-c2c1ccc1ccccc21. The van der Waals surface area contributed by atoms with E-state index >= 15 is 0 Å². The van der Waals surface area contributed by atoms with Crippen molar-refractivity contribution in [3.63, 3.8) is 0 Å². The van der Waals surface area contributed by atoms with Crippen molar-refractivity contribution in [1.29, 1.82) is 0 Å². The summed E-state index contributed by atoms with van der Waals surface area (Å²) >= 11 is 3.80. The Morgan fingerprint density at radius 1 is 0.295 bits per heavy atom. The van der Waals surface area contributed by atoms with Gasteiger partial charge in [0.25, 0.3) is 0 Å². The average Bonchev–Trinajstić information content (AvgIpc) is 3.93. The van der Waals surface area contributed by atoms with Crippen LogP contribution in [-0.2, 0) is 5.41 Å². The van der Waals surface area contributed by atoms with Gasteiger partial charge in [0.05, 0.1) is 0 Å². The molecule has 0 nitrogen and oxygen atoms in total. The summed E-state index contributed by atoms with van der Waals surface area (Å²) in [4.78, 5) is 0. The first-order valence-corrected chi connectivity index (χ1v) is 22.9. The van der Waals surface area contributed by atoms with Crippen LogP contribution in [0.25, 0.3) is 128 Å². The van der Waals surface area contributed by atoms with E-state index in [4.69, 9.17) is 0 Å². The third-order valence-electron chi connectivity index (χ3n) is 14.0. The van der Waals surface area contributed by atoms with Crippen molar-refractivity contribution in [2.24, 2.45) is 0 Å². The van der Waals surface area contributed by atoms with Crippen molar-refractivity contribution in [2.75, 3.05) is 0 Å². The van der Waals surface area contributed by atoms with E-state index in [1.165, 1.54) is 139 Å². The van der Waals surface area contributed by atoms with Gasteiger partial charge in [-0.2, -0.15) is 0 Å². The van der Waals surface area contributed by atoms with Crippen LogP contribution in [-0.4, -0.2) is 0 Å². The molecule has 1 aliphatic rings. The molecule has 2 heteroatoms. The minimum Gasteiger partial charge on any atom is -0.135 e. The predicted molar refractivity (Wildman–Crippen MR) is 268 cm³/mol. The molecule has 1 aliphatic carbocycles. The van der Waals surface area contributed by atoms with Crippen molar-refractivity contribution >= 4 is 117 Å². The van der Waals surface area contributed by atoms with Crippen molar-refractivity contribution in [3.05, 3.63) is 193 Å². The zero-order valence-corrected chi connectivity index (χ0v) is 35.3. The number of hydrogen-bond acceptors (Lipinski definition) is 2. The van der Waals surface area contributed by atoms with Gasteiger partial charge >= 0.3 is 0 Å². The van der Waals surface area contributed by atoms with E-state index in [1.54, 1.807) is 0 Å².